The lowest BCUT2D eigenvalue weighted by Crippen LogP contribution is -2.27. The molecule has 0 heterocycles. The van der Waals surface area contributed by atoms with Crippen LogP contribution in [0.25, 0.3) is 0 Å². The van der Waals surface area contributed by atoms with Gasteiger partial charge in [-0.3, -0.25) is 9.59 Å². The van der Waals surface area contributed by atoms with Crippen molar-refractivity contribution in [3.05, 3.63) is 53.6 Å². The van der Waals surface area contributed by atoms with E-state index in [1.54, 1.807) is 42.5 Å². The highest BCUT2D eigenvalue weighted by molar-refractivity contribution is 6.00. The number of esters is 1. The second-order valence-electron chi connectivity index (χ2n) is 8.22. The van der Waals surface area contributed by atoms with Crippen LogP contribution >= 0.6 is 0 Å². The van der Waals surface area contributed by atoms with Crippen LogP contribution < -0.4 is 14.8 Å². The molecular formula is C25H31NO6. The van der Waals surface area contributed by atoms with Gasteiger partial charge >= 0.3 is 5.97 Å². The molecule has 172 valence electrons. The minimum atomic E-state index is -0.629. The number of carbonyl (C=O) groups excluding carboxylic acids is 3. The third-order valence-corrected chi connectivity index (χ3v) is 4.42. The molecule has 0 radical (unpaired) electrons. The third kappa shape index (κ3) is 7.11. The highest BCUT2D eigenvalue weighted by Crippen LogP contribution is 2.29. The molecule has 2 aromatic rings. The molecule has 0 atom stereocenters. The van der Waals surface area contributed by atoms with Crippen LogP contribution in [-0.4, -0.2) is 37.5 Å². The molecule has 2 aromatic carbocycles. The first kappa shape index (κ1) is 24.9. The zero-order valence-corrected chi connectivity index (χ0v) is 19.3. The zero-order chi connectivity index (χ0) is 23.7. The molecule has 0 aliphatic carbocycles. The molecule has 0 saturated heterocycles. The normalized spacial score (nSPS) is 10.9. The number of rotatable bonds is 10. The van der Waals surface area contributed by atoms with Gasteiger partial charge in [0.15, 0.2) is 23.9 Å². The van der Waals surface area contributed by atoms with Crippen LogP contribution in [-0.2, 0) is 9.53 Å². The molecule has 7 nitrogen and oxygen atoms in total. The number of benzene rings is 2. The molecule has 0 unspecified atom stereocenters. The molecular weight excluding hydrogens is 410 g/mol. The van der Waals surface area contributed by atoms with Gasteiger partial charge in [0.2, 0.25) is 5.91 Å². The van der Waals surface area contributed by atoms with Gasteiger partial charge in [-0.2, -0.15) is 0 Å². The summed E-state index contributed by atoms with van der Waals surface area (Å²) in [6.07, 6.45) is 0.849. The largest absolute Gasteiger partial charge is 0.490 e. The molecule has 0 fully saturated rings. The van der Waals surface area contributed by atoms with Gasteiger partial charge < -0.3 is 19.5 Å². The third-order valence-electron chi connectivity index (χ3n) is 4.42. The van der Waals surface area contributed by atoms with Crippen molar-refractivity contribution < 1.29 is 28.6 Å². The number of hydrogen-bond acceptors (Lipinski definition) is 6. The molecule has 0 saturated carbocycles. The van der Waals surface area contributed by atoms with E-state index in [0.717, 1.165) is 6.42 Å². The summed E-state index contributed by atoms with van der Waals surface area (Å²) >= 11 is 0. The fraction of sp³-hybridized carbons (Fsp3) is 0.400. The minimum Gasteiger partial charge on any atom is -0.490 e. The number of ketones is 1. The van der Waals surface area contributed by atoms with Gasteiger partial charge in [0.05, 0.1) is 18.8 Å². The monoisotopic (exact) mass is 441 g/mol. The second kappa shape index (κ2) is 11.3. The molecule has 0 aliphatic rings. The summed E-state index contributed by atoms with van der Waals surface area (Å²) < 4.78 is 16.4. The summed E-state index contributed by atoms with van der Waals surface area (Å²) in [5.41, 5.74) is 0.716. The number of amides is 1. The van der Waals surface area contributed by atoms with Crippen molar-refractivity contribution in [1.82, 2.24) is 0 Å². The Morgan fingerprint density at radius 3 is 2.12 bits per heavy atom. The molecule has 2 rings (SSSR count). The fourth-order valence-electron chi connectivity index (χ4n) is 2.59. The Morgan fingerprint density at radius 2 is 1.53 bits per heavy atom. The summed E-state index contributed by atoms with van der Waals surface area (Å²) in [4.78, 5) is 36.9. The average molecular weight is 442 g/mol. The standard InChI is InChI=1S/C25H31NO6/c1-6-14-31-21-13-10-18(15-22(21)30-7-2)23(28)32-16-20(27)17-8-11-19(12-9-17)26-24(29)25(3,4)5/h8-13,15H,6-7,14,16H2,1-5H3,(H,26,29). The van der Waals surface area contributed by atoms with E-state index in [-0.39, 0.29) is 17.3 Å². The molecule has 0 aliphatic heterocycles. The van der Waals surface area contributed by atoms with Crippen LogP contribution in [0.5, 0.6) is 11.5 Å². The summed E-state index contributed by atoms with van der Waals surface area (Å²) in [5, 5.41) is 2.79. The number of anilines is 1. The Kier molecular flexibility index (Phi) is 8.81. The first-order valence-electron chi connectivity index (χ1n) is 10.7. The van der Waals surface area contributed by atoms with Gasteiger partial charge in [-0.15, -0.1) is 0 Å². The molecule has 1 N–H and O–H groups in total. The van der Waals surface area contributed by atoms with Crippen molar-refractivity contribution >= 4 is 23.3 Å². The van der Waals surface area contributed by atoms with E-state index in [9.17, 15) is 14.4 Å². The minimum absolute atomic E-state index is 0.122. The summed E-state index contributed by atoms with van der Waals surface area (Å²) in [6.45, 7) is 9.85. The van der Waals surface area contributed by atoms with Crippen molar-refractivity contribution in [3.63, 3.8) is 0 Å². The SMILES string of the molecule is CCCOc1ccc(C(=O)OCC(=O)c2ccc(NC(=O)C(C)(C)C)cc2)cc1OCC. The van der Waals surface area contributed by atoms with Crippen LogP contribution in [0.15, 0.2) is 42.5 Å². The highest BCUT2D eigenvalue weighted by Gasteiger charge is 2.21. The number of nitrogens with one attached hydrogen (secondary N) is 1. The number of ether oxygens (including phenoxy) is 3. The lowest BCUT2D eigenvalue weighted by Gasteiger charge is -2.17. The maximum Gasteiger partial charge on any atom is 0.338 e. The van der Waals surface area contributed by atoms with Crippen LogP contribution in [0.2, 0.25) is 0 Å². The van der Waals surface area contributed by atoms with E-state index < -0.39 is 18.0 Å². The fourth-order valence-corrected chi connectivity index (χ4v) is 2.59. The summed E-state index contributed by atoms with van der Waals surface area (Å²) in [6, 6.07) is 11.2. The smallest absolute Gasteiger partial charge is 0.338 e. The Morgan fingerprint density at radius 1 is 0.875 bits per heavy atom. The average Bonchev–Trinajstić information content (AvgIpc) is 2.76. The van der Waals surface area contributed by atoms with Crippen molar-refractivity contribution in [1.29, 1.82) is 0 Å². The molecule has 32 heavy (non-hydrogen) atoms. The quantitative estimate of drug-likeness (QED) is 0.417. The highest BCUT2D eigenvalue weighted by atomic mass is 16.5. The van der Waals surface area contributed by atoms with Crippen LogP contribution in [0.1, 0.15) is 61.8 Å². The van der Waals surface area contributed by atoms with Gasteiger partial charge in [-0.1, -0.05) is 27.7 Å². The maximum absolute atomic E-state index is 12.4. The van der Waals surface area contributed by atoms with Crippen molar-refractivity contribution in [2.75, 3.05) is 25.1 Å². The number of carbonyl (C=O) groups is 3. The zero-order valence-electron chi connectivity index (χ0n) is 19.3. The van der Waals surface area contributed by atoms with E-state index in [4.69, 9.17) is 14.2 Å². The first-order chi connectivity index (χ1) is 15.2. The number of Topliss-reactive ketones (excluding diaryl/α,β-unsaturated/α-hetero) is 1. The second-order valence-corrected chi connectivity index (χ2v) is 8.22. The lowest BCUT2D eigenvalue weighted by molar-refractivity contribution is -0.123. The Bertz CT molecular complexity index is 944. The van der Waals surface area contributed by atoms with E-state index in [1.165, 1.54) is 0 Å². The van der Waals surface area contributed by atoms with Gasteiger partial charge in [-0.05, 0) is 55.8 Å². The molecule has 7 heteroatoms. The Balaban J connectivity index is 1.98. The predicted molar refractivity (Wildman–Crippen MR) is 123 cm³/mol. The topological polar surface area (TPSA) is 90.9 Å². The molecule has 0 bridgehead atoms. The van der Waals surface area contributed by atoms with E-state index in [2.05, 4.69) is 5.32 Å². The maximum atomic E-state index is 12.4. The van der Waals surface area contributed by atoms with Crippen molar-refractivity contribution in [2.45, 2.75) is 41.0 Å². The van der Waals surface area contributed by atoms with Gasteiger partial charge in [0.25, 0.3) is 0 Å². The Labute approximate surface area is 189 Å². The van der Waals surface area contributed by atoms with Crippen molar-refractivity contribution in [2.24, 2.45) is 5.41 Å². The van der Waals surface area contributed by atoms with Gasteiger partial charge in [-0.25, -0.2) is 4.79 Å². The van der Waals surface area contributed by atoms with Gasteiger partial charge in [0.1, 0.15) is 0 Å². The predicted octanol–water partition coefficient (Wildman–Crippen LogP) is 4.90. The first-order valence-corrected chi connectivity index (χ1v) is 10.7. The molecule has 1 amide bonds. The molecule has 0 spiro atoms. The van der Waals surface area contributed by atoms with E-state index in [0.29, 0.717) is 36.0 Å². The van der Waals surface area contributed by atoms with Gasteiger partial charge in [0, 0.05) is 16.7 Å². The van der Waals surface area contributed by atoms with E-state index >= 15 is 0 Å². The molecule has 0 aromatic heterocycles. The van der Waals surface area contributed by atoms with Crippen LogP contribution in [0.3, 0.4) is 0 Å². The summed E-state index contributed by atoms with van der Waals surface area (Å²) in [5.74, 6) is -0.0898. The Hall–Kier alpha value is -3.35. The van der Waals surface area contributed by atoms with Crippen molar-refractivity contribution in [3.8, 4) is 11.5 Å². The van der Waals surface area contributed by atoms with E-state index in [1.807, 2.05) is 34.6 Å². The van der Waals surface area contributed by atoms with Crippen LogP contribution in [0, 0.1) is 5.41 Å². The lowest BCUT2D eigenvalue weighted by atomic mass is 9.95. The number of hydrogen-bond donors (Lipinski definition) is 1. The van der Waals surface area contributed by atoms with Crippen LogP contribution in [0.4, 0.5) is 5.69 Å². The summed E-state index contributed by atoms with van der Waals surface area (Å²) in [7, 11) is 0.